The van der Waals surface area contributed by atoms with Gasteiger partial charge in [-0.25, -0.2) is 4.68 Å². The molecule has 23 heavy (non-hydrogen) atoms. The zero-order valence-corrected chi connectivity index (χ0v) is 13.6. The van der Waals surface area contributed by atoms with Crippen LogP contribution in [-0.2, 0) is 11.3 Å². The number of rotatable bonds is 4. The molecular weight excluding hydrogens is 318 g/mol. The number of carbonyl (C=O) groups is 1. The van der Waals surface area contributed by atoms with Gasteiger partial charge in [0.25, 0.3) is 5.56 Å². The van der Waals surface area contributed by atoms with Crippen molar-refractivity contribution in [2.75, 3.05) is 5.32 Å². The van der Waals surface area contributed by atoms with Crippen molar-refractivity contribution in [2.24, 2.45) is 17.8 Å². The zero-order chi connectivity index (χ0) is 16.2. The van der Waals surface area contributed by atoms with E-state index in [1.54, 1.807) is 0 Å². The Labute approximate surface area is 138 Å². The minimum atomic E-state index is -1.11. The first-order valence-electron chi connectivity index (χ1n) is 8.20. The predicted molar refractivity (Wildman–Crippen MR) is 85.7 cm³/mol. The fraction of sp³-hybridized carbons (Fsp3) is 0.688. The van der Waals surface area contributed by atoms with Crippen LogP contribution in [0.5, 0.6) is 0 Å². The third-order valence-electron chi connectivity index (χ3n) is 5.71. The number of anilines is 1. The first kappa shape index (κ1) is 15.0. The highest BCUT2D eigenvalue weighted by molar-refractivity contribution is 6.33. The third-order valence-corrected chi connectivity index (χ3v) is 6.07. The van der Waals surface area contributed by atoms with E-state index in [4.69, 9.17) is 16.7 Å². The molecule has 1 aromatic rings. The van der Waals surface area contributed by atoms with Crippen molar-refractivity contribution >= 4 is 23.3 Å². The molecule has 0 spiro atoms. The Balaban J connectivity index is 1.61. The van der Waals surface area contributed by atoms with Crippen LogP contribution in [0, 0.1) is 17.8 Å². The monoisotopic (exact) mass is 337 g/mol. The van der Waals surface area contributed by atoms with E-state index in [2.05, 4.69) is 10.4 Å². The van der Waals surface area contributed by atoms with Crippen molar-refractivity contribution in [3.05, 3.63) is 21.6 Å². The van der Waals surface area contributed by atoms with Gasteiger partial charge < -0.3 is 10.4 Å². The lowest BCUT2D eigenvalue weighted by Crippen LogP contribution is -2.55. The van der Waals surface area contributed by atoms with Gasteiger partial charge in [0.15, 0.2) is 0 Å². The molecule has 0 aromatic carbocycles. The van der Waals surface area contributed by atoms with E-state index < -0.39 is 18.1 Å². The smallest absolute Gasteiger partial charge is 0.325 e. The number of aromatic nitrogens is 2. The molecule has 124 valence electrons. The van der Waals surface area contributed by atoms with E-state index in [0.29, 0.717) is 5.69 Å². The molecule has 1 heterocycles. The van der Waals surface area contributed by atoms with Crippen LogP contribution in [0.25, 0.3) is 0 Å². The Morgan fingerprint density at radius 2 is 1.87 bits per heavy atom. The normalized spacial score (nSPS) is 34.6. The van der Waals surface area contributed by atoms with E-state index in [1.165, 1.54) is 25.5 Å². The summed E-state index contributed by atoms with van der Waals surface area (Å²) >= 11 is 6.19. The van der Waals surface area contributed by atoms with Gasteiger partial charge in [-0.15, -0.1) is 0 Å². The maximum atomic E-state index is 12.2. The first-order chi connectivity index (χ1) is 10.9. The van der Waals surface area contributed by atoms with Crippen LogP contribution in [0.4, 0.5) is 5.69 Å². The summed E-state index contributed by atoms with van der Waals surface area (Å²) in [5.41, 5.74) is 0.0231. The second-order valence-electron chi connectivity index (χ2n) is 7.55. The van der Waals surface area contributed by atoms with Crippen molar-refractivity contribution in [2.45, 2.75) is 50.6 Å². The molecule has 4 saturated carbocycles. The van der Waals surface area contributed by atoms with E-state index in [-0.39, 0.29) is 10.6 Å². The van der Waals surface area contributed by atoms with Crippen LogP contribution in [0.15, 0.2) is 11.0 Å². The molecule has 0 atom stereocenters. The molecule has 4 fully saturated rings. The quantitative estimate of drug-likeness (QED) is 0.881. The Morgan fingerprint density at radius 3 is 2.39 bits per heavy atom. The van der Waals surface area contributed by atoms with Crippen LogP contribution in [-0.4, -0.2) is 26.4 Å². The summed E-state index contributed by atoms with van der Waals surface area (Å²) in [6.07, 6.45) is 8.91. The maximum absolute atomic E-state index is 12.2. The summed E-state index contributed by atoms with van der Waals surface area (Å²) < 4.78 is 0.884. The number of hydrogen-bond donors (Lipinski definition) is 2. The summed E-state index contributed by atoms with van der Waals surface area (Å²) in [7, 11) is 0. The van der Waals surface area contributed by atoms with Crippen LogP contribution >= 0.6 is 11.6 Å². The van der Waals surface area contributed by atoms with E-state index in [0.717, 1.165) is 41.7 Å². The van der Waals surface area contributed by atoms with Crippen molar-refractivity contribution < 1.29 is 9.90 Å². The van der Waals surface area contributed by atoms with E-state index in [1.807, 2.05) is 0 Å². The van der Waals surface area contributed by atoms with Crippen LogP contribution < -0.4 is 10.9 Å². The Morgan fingerprint density at radius 1 is 1.30 bits per heavy atom. The lowest BCUT2D eigenvalue weighted by Gasteiger charge is -2.57. The molecule has 0 amide bonds. The summed E-state index contributed by atoms with van der Waals surface area (Å²) in [5, 5.41) is 16.3. The number of hydrogen-bond acceptors (Lipinski definition) is 4. The number of nitrogens with zero attached hydrogens (tertiary/aromatic N) is 2. The second kappa shape index (κ2) is 5.23. The van der Waals surface area contributed by atoms with Gasteiger partial charge in [0.05, 0.1) is 11.9 Å². The van der Waals surface area contributed by atoms with Gasteiger partial charge in [-0.2, -0.15) is 5.10 Å². The van der Waals surface area contributed by atoms with Gasteiger partial charge >= 0.3 is 5.97 Å². The molecule has 6 nitrogen and oxygen atoms in total. The average molecular weight is 338 g/mol. The molecule has 4 aliphatic carbocycles. The summed E-state index contributed by atoms with van der Waals surface area (Å²) in [6.45, 7) is -0.476. The van der Waals surface area contributed by atoms with Gasteiger partial charge in [0.1, 0.15) is 11.6 Å². The molecule has 0 saturated heterocycles. The van der Waals surface area contributed by atoms with Crippen molar-refractivity contribution in [1.29, 1.82) is 0 Å². The summed E-state index contributed by atoms with van der Waals surface area (Å²) in [5.74, 6) is 1.24. The number of nitrogens with one attached hydrogen (secondary N) is 1. The second-order valence-corrected chi connectivity index (χ2v) is 7.93. The molecule has 0 radical (unpaired) electrons. The van der Waals surface area contributed by atoms with Crippen LogP contribution in [0.3, 0.4) is 0 Å². The van der Waals surface area contributed by atoms with Crippen molar-refractivity contribution in [3.63, 3.8) is 0 Å². The third kappa shape index (κ3) is 2.63. The van der Waals surface area contributed by atoms with Gasteiger partial charge in [-0.1, -0.05) is 11.6 Å². The van der Waals surface area contributed by atoms with Crippen molar-refractivity contribution in [3.8, 4) is 0 Å². The molecular formula is C16H20ClN3O3. The zero-order valence-electron chi connectivity index (χ0n) is 12.8. The Bertz CT molecular complexity index is 680. The minimum absolute atomic E-state index is 0.0332. The number of halogens is 1. The largest absolute Gasteiger partial charge is 0.480 e. The summed E-state index contributed by atoms with van der Waals surface area (Å²) in [6, 6.07) is 0. The van der Waals surface area contributed by atoms with E-state index >= 15 is 0 Å². The lowest BCUT2D eigenvalue weighted by atomic mass is 9.53. The molecule has 4 bridgehead atoms. The van der Waals surface area contributed by atoms with Crippen LogP contribution in [0.1, 0.15) is 38.5 Å². The predicted octanol–water partition coefficient (Wildman–Crippen LogP) is 2.36. The SMILES string of the molecule is O=C(O)Cn1ncc(NC23CC4CC(CC(C4)C2)C3)c(Cl)c1=O. The molecule has 1 aromatic heterocycles. The van der Waals surface area contributed by atoms with Gasteiger partial charge in [0.2, 0.25) is 0 Å². The standard InChI is InChI=1S/C16H20ClN3O3/c17-14-12(7-18-20(15(14)23)8-13(21)22)19-16-4-9-1-10(5-16)3-11(2-9)6-16/h7,9-11,19H,1-6,8H2,(H,21,22). The topological polar surface area (TPSA) is 84.2 Å². The maximum Gasteiger partial charge on any atom is 0.325 e. The molecule has 0 unspecified atom stereocenters. The fourth-order valence-electron chi connectivity index (χ4n) is 5.34. The van der Waals surface area contributed by atoms with Gasteiger partial charge in [-0.05, 0) is 56.3 Å². The highest BCUT2D eigenvalue weighted by Gasteiger charge is 2.51. The summed E-state index contributed by atoms with van der Waals surface area (Å²) in [4.78, 5) is 22.9. The molecule has 5 rings (SSSR count). The lowest BCUT2D eigenvalue weighted by molar-refractivity contribution is -0.138. The molecule has 2 N–H and O–H groups in total. The highest BCUT2D eigenvalue weighted by Crippen LogP contribution is 2.56. The van der Waals surface area contributed by atoms with Gasteiger partial charge in [0, 0.05) is 5.54 Å². The average Bonchev–Trinajstić information content (AvgIpc) is 2.45. The van der Waals surface area contributed by atoms with Crippen molar-refractivity contribution in [1.82, 2.24) is 9.78 Å². The number of carboxylic acid groups (broad SMARTS) is 1. The molecule has 0 aliphatic heterocycles. The Hall–Kier alpha value is -1.56. The minimum Gasteiger partial charge on any atom is -0.480 e. The molecule has 7 heteroatoms. The molecule has 4 aliphatic rings. The number of aliphatic carboxylic acids is 1. The van der Waals surface area contributed by atoms with Gasteiger partial charge in [-0.3, -0.25) is 9.59 Å². The fourth-order valence-corrected chi connectivity index (χ4v) is 5.54. The van der Waals surface area contributed by atoms with E-state index in [9.17, 15) is 9.59 Å². The Kier molecular flexibility index (Phi) is 3.41. The number of carboxylic acids is 1. The highest BCUT2D eigenvalue weighted by atomic mass is 35.5. The van der Waals surface area contributed by atoms with Crippen LogP contribution in [0.2, 0.25) is 5.02 Å². The first-order valence-corrected chi connectivity index (χ1v) is 8.57.